The highest BCUT2D eigenvalue weighted by Crippen LogP contribution is 1.95. The lowest BCUT2D eigenvalue weighted by atomic mass is 10.2. The quantitative estimate of drug-likeness (QED) is 0.472. The van der Waals surface area contributed by atoms with Gasteiger partial charge in [0.1, 0.15) is 6.04 Å². The van der Waals surface area contributed by atoms with Crippen LogP contribution in [-0.4, -0.2) is 18.0 Å². The Bertz CT molecular complexity index is 156. The number of hydrogen-bond acceptors (Lipinski definition) is 4. The van der Waals surface area contributed by atoms with Gasteiger partial charge in [-0.2, -0.15) is 0 Å². The van der Waals surface area contributed by atoms with Gasteiger partial charge in [0.2, 0.25) is 0 Å². The summed E-state index contributed by atoms with van der Waals surface area (Å²) in [6.45, 7) is 3.08. The van der Waals surface area contributed by atoms with E-state index in [4.69, 9.17) is 5.73 Å². The first-order chi connectivity index (χ1) is 5.07. The van der Waals surface area contributed by atoms with E-state index < -0.39 is 18.0 Å². The van der Waals surface area contributed by atoms with Gasteiger partial charge in [-0.15, -0.1) is 0 Å². The maximum absolute atomic E-state index is 10.8. The van der Waals surface area contributed by atoms with Gasteiger partial charge in [0, 0.05) is 6.92 Å². The summed E-state index contributed by atoms with van der Waals surface area (Å²) in [5, 5.41) is 0. The number of rotatable bonds is 3. The van der Waals surface area contributed by atoms with E-state index >= 15 is 0 Å². The highest BCUT2D eigenvalue weighted by atomic mass is 16.6. The molecule has 1 atom stereocenters. The Hall–Kier alpha value is -0.900. The van der Waals surface area contributed by atoms with Crippen LogP contribution >= 0.6 is 0 Å². The smallest absolute Gasteiger partial charge is 0.330 e. The van der Waals surface area contributed by atoms with Crippen LogP contribution in [0.2, 0.25) is 0 Å². The third-order valence-corrected chi connectivity index (χ3v) is 1.15. The van der Waals surface area contributed by atoms with Crippen molar-refractivity contribution >= 4 is 11.9 Å². The zero-order valence-corrected chi connectivity index (χ0v) is 6.79. The molecule has 11 heavy (non-hydrogen) atoms. The van der Waals surface area contributed by atoms with Crippen LogP contribution in [0.4, 0.5) is 0 Å². The Morgan fingerprint density at radius 3 is 2.45 bits per heavy atom. The molecule has 0 fully saturated rings. The summed E-state index contributed by atoms with van der Waals surface area (Å²) in [5.74, 6) is -1.25. The molecule has 0 aromatic heterocycles. The average molecular weight is 159 g/mol. The predicted molar refractivity (Wildman–Crippen MR) is 39.7 cm³/mol. The van der Waals surface area contributed by atoms with Crippen molar-refractivity contribution in [2.24, 2.45) is 5.73 Å². The number of nitrogens with two attached hydrogens (primary N) is 1. The second-order valence-corrected chi connectivity index (χ2v) is 2.31. The first kappa shape index (κ1) is 10.1. The Labute approximate surface area is 65.7 Å². The highest BCUT2D eigenvalue weighted by Gasteiger charge is 2.15. The largest absolute Gasteiger partial charge is 0.392 e. The molecule has 0 unspecified atom stereocenters. The van der Waals surface area contributed by atoms with E-state index in [9.17, 15) is 9.59 Å². The zero-order chi connectivity index (χ0) is 8.85. The Kier molecular flexibility index (Phi) is 4.45. The van der Waals surface area contributed by atoms with Crippen molar-refractivity contribution in [3.8, 4) is 0 Å². The molecule has 4 heteroatoms. The van der Waals surface area contributed by atoms with E-state index in [-0.39, 0.29) is 0 Å². The molecule has 0 aromatic rings. The molecule has 4 nitrogen and oxygen atoms in total. The van der Waals surface area contributed by atoms with Crippen molar-refractivity contribution in [2.45, 2.75) is 32.7 Å². The average Bonchev–Trinajstić information content (AvgIpc) is 1.86. The SMILES string of the molecule is CCC[C@@H](N)C(=O)OC(C)=O. The normalized spacial score (nSPS) is 12.3. The molecule has 0 radical (unpaired) electrons. The van der Waals surface area contributed by atoms with Gasteiger partial charge in [0.05, 0.1) is 0 Å². The second kappa shape index (κ2) is 4.85. The van der Waals surface area contributed by atoms with Crippen molar-refractivity contribution in [3.05, 3.63) is 0 Å². The maximum Gasteiger partial charge on any atom is 0.330 e. The summed E-state index contributed by atoms with van der Waals surface area (Å²) in [5.41, 5.74) is 5.35. The lowest BCUT2D eigenvalue weighted by Crippen LogP contribution is -2.33. The van der Waals surface area contributed by atoms with Crippen LogP contribution < -0.4 is 5.73 Å². The van der Waals surface area contributed by atoms with Crippen molar-refractivity contribution in [1.29, 1.82) is 0 Å². The van der Waals surface area contributed by atoms with Crippen molar-refractivity contribution in [1.82, 2.24) is 0 Å². The number of esters is 2. The molecule has 0 saturated heterocycles. The molecule has 0 aliphatic carbocycles. The molecule has 0 aliphatic heterocycles. The van der Waals surface area contributed by atoms with Crippen LogP contribution in [0.1, 0.15) is 26.7 Å². The predicted octanol–water partition coefficient (Wildman–Crippen LogP) is 0.203. The van der Waals surface area contributed by atoms with Gasteiger partial charge in [-0.05, 0) is 6.42 Å². The summed E-state index contributed by atoms with van der Waals surface area (Å²) in [6.07, 6.45) is 1.35. The van der Waals surface area contributed by atoms with Crippen LogP contribution in [0, 0.1) is 0 Å². The van der Waals surface area contributed by atoms with Crippen LogP contribution in [0.3, 0.4) is 0 Å². The molecule has 0 heterocycles. The third-order valence-electron chi connectivity index (χ3n) is 1.15. The topological polar surface area (TPSA) is 69.4 Å². The molecule has 0 bridgehead atoms. The van der Waals surface area contributed by atoms with E-state index in [1.165, 1.54) is 6.92 Å². The Balaban J connectivity index is 3.73. The summed E-state index contributed by atoms with van der Waals surface area (Å²) in [6, 6.07) is -0.663. The molecule has 0 saturated carbocycles. The first-order valence-corrected chi connectivity index (χ1v) is 3.55. The Morgan fingerprint density at radius 1 is 1.55 bits per heavy atom. The molecule has 0 amide bonds. The third kappa shape index (κ3) is 4.50. The van der Waals surface area contributed by atoms with Crippen LogP contribution in [-0.2, 0) is 14.3 Å². The number of ether oxygens (including phenoxy) is 1. The molecule has 0 aliphatic rings. The fraction of sp³-hybridized carbons (Fsp3) is 0.714. The van der Waals surface area contributed by atoms with Gasteiger partial charge in [-0.1, -0.05) is 13.3 Å². The number of hydrogen-bond donors (Lipinski definition) is 1. The molecule has 0 spiro atoms. The summed E-state index contributed by atoms with van der Waals surface area (Å²) < 4.78 is 4.26. The summed E-state index contributed by atoms with van der Waals surface area (Å²) in [4.78, 5) is 21.0. The van der Waals surface area contributed by atoms with Crippen molar-refractivity contribution in [2.75, 3.05) is 0 Å². The molecule has 64 valence electrons. The second-order valence-electron chi connectivity index (χ2n) is 2.31. The van der Waals surface area contributed by atoms with Gasteiger partial charge < -0.3 is 10.5 Å². The number of carbonyl (C=O) groups is 2. The highest BCUT2D eigenvalue weighted by molar-refractivity contribution is 5.87. The monoisotopic (exact) mass is 159 g/mol. The van der Waals surface area contributed by atoms with Crippen molar-refractivity contribution < 1.29 is 14.3 Å². The lowest BCUT2D eigenvalue weighted by Gasteiger charge is -2.06. The van der Waals surface area contributed by atoms with Crippen molar-refractivity contribution in [3.63, 3.8) is 0 Å². The Morgan fingerprint density at radius 2 is 2.09 bits per heavy atom. The standard InChI is InChI=1S/C7H13NO3/c1-3-4-6(8)7(10)11-5(2)9/h6H,3-4,8H2,1-2H3/t6-/m1/s1. The molecule has 2 N–H and O–H groups in total. The van der Waals surface area contributed by atoms with Crippen LogP contribution in [0.15, 0.2) is 0 Å². The number of carbonyl (C=O) groups excluding carboxylic acids is 2. The van der Waals surface area contributed by atoms with Crippen LogP contribution in [0.5, 0.6) is 0 Å². The van der Waals surface area contributed by atoms with Gasteiger partial charge in [0.25, 0.3) is 0 Å². The molecular formula is C7H13NO3. The van der Waals surface area contributed by atoms with Crippen LogP contribution in [0.25, 0.3) is 0 Å². The van der Waals surface area contributed by atoms with E-state index in [0.717, 1.165) is 6.42 Å². The molecular weight excluding hydrogens is 146 g/mol. The minimum atomic E-state index is -0.663. The van der Waals surface area contributed by atoms with E-state index in [1.807, 2.05) is 6.92 Å². The first-order valence-electron chi connectivity index (χ1n) is 3.55. The van der Waals surface area contributed by atoms with Gasteiger partial charge >= 0.3 is 11.9 Å². The minimum Gasteiger partial charge on any atom is -0.392 e. The fourth-order valence-electron chi connectivity index (χ4n) is 0.646. The fourth-order valence-corrected chi connectivity index (χ4v) is 0.646. The van der Waals surface area contributed by atoms with E-state index in [0.29, 0.717) is 6.42 Å². The molecule has 0 aromatic carbocycles. The summed E-state index contributed by atoms with van der Waals surface area (Å²) >= 11 is 0. The lowest BCUT2D eigenvalue weighted by molar-refractivity contribution is -0.159. The zero-order valence-electron chi connectivity index (χ0n) is 6.79. The van der Waals surface area contributed by atoms with Gasteiger partial charge in [-0.25, -0.2) is 4.79 Å². The summed E-state index contributed by atoms with van der Waals surface area (Å²) in [7, 11) is 0. The van der Waals surface area contributed by atoms with E-state index in [2.05, 4.69) is 4.74 Å². The van der Waals surface area contributed by atoms with Gasteiger partial charge in [0.15, 0.2) is 0 Å². The molecule has 0 rings (SSSR count). The maximum atomic E-state index is 10.8. The van der Waals surface area contributed by atoms with Gasteiger partial charge in [-0.3, -0.25) is 4.79 Å². The van der Waals surface area contributed by atoms with E-state index in [1.54, 1.807) is 0 Å². The minimum absolute atomic E-state index is 0.548.